The molecule has 0 aromatic rings. The second kappa shape index (κ2) is 3.84. The first-order valence-electron chi connectivity index (χ1n) is 3.79. The van der Waals surface area contributed by atoms with E-state index in [9.17, 15) is 9.90 Å². The van der Waals surface area contributed by atoms with Gasteiger partial charge in [0, 0.05) is 6.42 Å². The van der Waals surface area contributed by atoms with Crippen molar-refractivity contribution in [2.24, 2.45) is 0 Å². The Morgan fingerprint density at radius 3 is 2.58 bits per heavy atom. The van der Waals surface area contributed by atoms with Crippen LogP contribution in [-0.2, 0) is 9.53 Å². The van der Waals surface area contributed by atoms with E-state index in [1.807, 2.05) is 0 Å². The number of aliphatic carboxylic acids is 1. The van der Waals surface area contributed by atoms with Gasteiger partial charge in [0.15, 0.2) is 0 Å². The molecular weight excluding hydrogens is 164 g/mol. The monoisotopic (exact) mass is 176 g/mol. The molecule has 1 aliphatic rings. The van der Waals surface area contributed by atoms with Crippen LogP contribution in [0.3, 0.4) is 0 Å². The van der Waals surface area contributed by atoms with Gasteiger partial charge in [0.05, 0.1) is 25.2 Å². The summed E-state index contributed by atoms with van der Waals surface area (Å²) < 4.78 is 4.77. The Balaban J connectivity index is 2.15. The minimum absolute atomic E-state index is 0.0664. The molecule has 0 aromatic carbocycles. The molecule has 0 aromatic heterocycles. The predicted molar refractivity (Wildman–Crippen MR) is 38.6 cm³/mol. The molecule has 0 radical (unpaired) electrons. The smallest absolute Gasteiger partial charge is 0.305 e. The zero-order chi connectivity index (χ0) is 9.14. The van der Waals surface area contributed by atoms with Gasteiger partial charge in [0.2, 0.25) is 0 Å². The Labute approximate surface area is 69.6 Å². The van der Waals surface area contributed by atoms with Gasteiger partial charge in [0.25, 0.3) is 0 Å². The van der Waals surface area contributed by atoms with Crippen LogP contribution in [0.15, 0.2) is 0 Å². The molecule has 1 saturated heterocycles. The fourth-order valence-corrected chi connectivity index (χ4v) is 0.993. The number of aliphatic hydroxyl groups is 2. The van der Waals surface area contributed by atoms with Crippen molar-refractivity contribution in [3.63, 3.8) is 0 Å². The maximum absolute atomic E-state index is 10.1. The topological polar surface area (TPSA) is 90.3 Å². The van der Waals surface area contributed by atoms with Gasteiger partial charge in [-0.2, -0.15) is 0 Å². The number of hydrogen-bond donors (Lipinski definition) is 3. The zero-order valence-electron chi connectivity index (χ0n) is 6.51. The fraction of sp³-hybridized carbons (Fsp3) is 0.857. The number of ether oxygens (including phenoxy) is 1. The first kappa shape index (κ1) is 9.44. The summed E-state index contributed by atoms with van der Waals surface area (Å²) in [6, 6.07) is 0. The van der Waals surface area contributed by atoms with E-state index in [1.165, 1.54) is 0 Å². The molecule has 5 heteroatoms. The lowest BCUT2D eigenvalue weighted by atomic mass is 10.1. The SMILES string of the molecule is O=C(O)CC(O)CC(O)C1CO1. The van der Waals surface area contributed by atoms with E-state index in [4.69, 9.17) is 14.9 Å². The number of carboxylic acids is 1. The van der Waals surface area contributed by atoms with Crippen LogP contribution in [0.5, 0.6) is 0 Å². The van der Waals surface area contributed by atoms with Crippen LogP contribution < -0.4 is 0 Å². The van der Waals surface area contributed by atoms with Gasteiger partial charge < -0.3 is 20.1 Å². The van der Waals surface area contributed by atoms with Crippen molar-refractivity contribution in [3.05, 3.63) is 0 Å². The maximum Gasteiger partial charge on any atom is 0.305 e. The Hall–Kier alpha value is -0.650. The number of epoxide rings is 1. The summed E-state index contributed by atoms with van der Waals surface area (Å²) in [6.45, 7) is 0.501. The van der Waals surface area contributed by atoms with Crippen LogP contribution in [-0.4, -0.2) is 46.2 Å². The van der Waals surface area contributed by atoms with Crippen LogP contribution in [0.1, 0.15) is 12.8 Å². The van der Waals surface area contributed by atoms with Crippen molar-refractivity contribution >= 4 is 5.97 Å². The molecule has 0 amide bonds. The summed E-state index contributed by atoms with van der Waals surface area (Å²) in [5.74, 6) is -1.06. The van der Waals surface area contributed by atoms with E-state index < -0.39 is 18.2 Å². The number of carboxylic acid groups (broad SMARTS) is 1. The molecule has 0 aliphatic carbocycles. The van der Waals surface area contributed by atoms with E-state index in [0.717, 1.165) is 0 Å². The summed E-state index contributed by atoms with van der Waals surface area (Å²) in [7, 11) is 0. The second-order valence-corrected chi connectivity index (χ2v) is 2.93. The largest absolute Gasteiger partial charge is 0.481 e. The minimum atomic E-state index is -1.06. The first-order valence-corrected chi connectivity index (χ1v) is 3.79. The Morgan fingerprint density at radius 2 is 2.17 bits per heavy atom. The normalized spacial score (nSPS) is 26.3. The third kappa shape index (κ3) is 3.17. The zero-order valence-corrected chi connectivity index (χ0v) is 6.51. The van der Waals surface area contributed by atoms with Crippen molar-refractivity contribution in [2.75, 3.05) is 6.61 Å². The van der Waals surface area contributed by atoms with Crippen molar-refractivity contribution in [1.82, 2.24) is 0 Å². The Kier molecular flexibility index (Phi) is 3.02. The standard InChI is InChI=1S/C7H12O5/c8-4(2-7(10)11)1-5(9)6-3-12-6/h4-6,8-9H,1-3H2,(H,10,11). The lowest BCUT2D eigenvalue weighted by molar-refractivity contribution is -0.139. The molecule has 1 rings (SSSR count). The highest BCUT2D eigenvalue weighted by molar-refractivity contribution is 5.67. The summed E-state index contributed by atoms with van der Waals surface area (Å²) in [6.07, 6.45) is -2.18. The van der Waals surface area contributed by atoms with Gasteiger partial charge in [-0.05, 0) is 0 Å². The molecule has 0 bridgehead atoms. The Bertz CT molecular complexity index is 165. The maximum atomic E-state index is 10.1. The quantitative estimate of drug-likeness (QED) is 0.466. The van der Waals surface area contributed by atoms with Gasteiger partial charge in [-0.1, -0.05) is 0 Å². The molecule has 3 unspecified atom stereocenters. The van der Waals surface area contributed by atoms with Crippen LogP contribution in [0.4, 0.5) is 0 Å². The summed E-state index contributed by atoms with van der Waals surface area (Å²) in [5.41, 5.74) is 0. The highest BCUT2D eigenvalue weighted by atomic mass is 16.6. The molecule has 3 N–H and O–H groups in total. The number of aliphatic hydroxyl groups excluding tert-OH is 2. The third-order valence-electron chi connectivity index (χ3n) is 1.71. The highest BCUT2D eigenvalue weighted by Crippen LogP contribution is 2.18. The van der Waals surface area contributed by atoms with Crippen LogP contribution in [0.25, 0.3) is 0 Å². The summed E-state index contributed by atoms with van der Waals surface area (Å²) in [4.78, 5) is 10.1. The van der Waals surface area contributed by atoms with Gasteiger partial charge >= 0.3 is 5.97 Å². The molecule has 12 heavy (non-hydrogen) atoms. The van der Waals surface area contributed by atoms with Gasteiger partial charge in [-0.25, -0.2) is 0 Å². The van der Waals surface area contributed by atoms with Crippen molar-refractivity contribution in [1.29, 1.82) is 0 Å². The van der Waals surface area contributed by atoms with E-state index >= 15 is 0 Å². The van der Waals surface area contributed by atoms with E-state index in [1.54, 1.807) is 0 Å². The van der Waals surface area contributed by atoms with Gasteiger partial charge in [-0.15, -0.1) is 0 Å². The van der Waals surface area contributed by atoms with Crippen LogP contribution in [0, 0.1) is 0 Å². The lowest BCUT2D eigenvalue weighted by Crippen LogP contribution is -2.24. The predicted octanol–water partition coefficient (Wildman–Crippen LogP) is -1.03. The van der Waals surface area contributed by atoms with Crippen LogP contribution in [0.2, 0.25) is 0 Å². The van der Waals surface area contributed by atoms with Crippen molar-refractivity contribution < 1.29 is 24.9 Å². The second-order valence-electron chi connectivity index (χ2n) is 2.93. The van der Waals surface area contributed by atoms with Gasteiger partial charge in [-0.3, -0.25) is 4.79 Å². The minimum Gasteiger partial charge on any atom is -0.481 e. The molecule has 3 atom stereocenters. The molecule has 5 nitrogen and oxygen atoms in total. The summed E-state index contributed by atoms with van der Waals surface area (Å²) >= 11 is 0. The van der Waals surface area contributed by atoms with E-state index in [0.29, 0.717) is 6.61 Å². The number of rotatable bonds is 5. The average molecular weight is 176 g/mol. The van der Waals surface area contributed by atoms with Gasteiger partial charge in [0.1, 0.15) is 6.10 Å². The van der Waals surface area contributed by atoms with Crippen molar-refractivity contribution in [3.8, 4) is 0 Å². The highest BCUT2D eigenvalue weighted by Gasteiger charge is 2.32. The molecule has 1 aliphatic heterocycles. The number of carbonyl (C=O) groups is 1. The first-order chi connectivity index (χ1) is 5.59. The molecule has 1 fully saturated rings. The Morgan fingerprint density at radius 1 is 1.58 bits per heavy atom. The average Bonchev–Trinajstić information content (AvgIpc) is 2.63. The molecule has 1 heterocycles. The van der Waals surface area contributed by atoms with E-state index in [2.05, 4.69) is 0 Å². The summed E-state index contributed by atoms with van der Waals surface area (Å²) in [5, 5.41) is 26.5. The van der Waals surface area contributed by atoms with E-state index in [-0.39, 0.29) is 18.9 Å². The fourth-order valence-electron chi connectivity index (χ4n) is 0.993. The van der Waals surface area contributed by atoms with Crippen molar-refractivity contribution in [2.45, 2.75) is 31.2 Å². The van der Waals surface area contributed by atoms with Crippen LogP contribution >= 0.6 is 0 Å². The molecule has 0 spiro atoms. The third-order valence-corrected chi connectivity index (χ3v) is 1.71. The molecular formula is C7H12O5. The number of hydrogen-bond acceptors (Lipinski definition) is 4. The molecule has 0 saturated carbocycles. The lowest BCUT2D eigenvalue weighted by Gasteiger charge is -2.11. The molecule has 70 valence electrons.